The molecule has 0 spiro atoms. The van der Waals surface area contributed by atoms with Crippen molar-refractivity contribution in [2.75, 3.05) is 13.7 Å². The van der Waals surface area contributed by atoms with E-state index in [1.807, 2.05) is 13.0 Å². The normalized spacial score (nSPS) is 31.6. The fraction of sp³-hybridized carbons (Fsp3) is 0.480. The molecule has 11 atom stereocenters. The highest BCUT2D eigenvalue weighted by Gasteiger charge is 2.77. The molecule has 2 unspecified atom stereocenters. The summed E-state index contributed by atoms with van der Waals surface area (Å²) in [6.45, 7) is 10.7. The van der Waals surface area contributed by atoms with E-state index >= 15 is 4.79 Å². The van der Waals surface area contributed by atoms with E-state index < -0.39 is 100.0 Å². The molecule has 2 saturated carbocycles. The number of ether oxygens (including phenoxy) is 6. The van der Waals surface area contributed by atoms with Crippen molar-refractivity contribution in [1.82, 2.24) is 0 Å². The fourth-order valence-corrected chi connectivity index (χ4v) is 11.0. The van der Waals surface area contributed by atoms with Gasteiger partial charge in [-0.3, -0.25) is 19.2 Å². The van der Waals surface area contributed by atoms with Gasteiger partial charge in [-0.15, -0.1) is 0 Å². The zero-order valence-electron chi connectivity index (χ0n) is 37.0. The molecular formula is C50H56O13. The van der Waals surface area contributed by atoms with E-state index in [1.165, 1.54) is 21.0 Å². The van der Waals surface area contributed by atoms with Crippen LogP contribution in [0.5, 0.6) is 0 Å². The number of carbonyl (C=O) groups excluding carboxylic acids is 6. The van der Waals surface area contributed by atoms with Crippen LogP contribution in [-0.2, 0) is 47.6 Å². The first-order chi connectivity index (χ1) is 29.8. The highest BCUT2D eigenvalue weighted by atomic mass is 16.6. The number of benzene rings is 3. The van der Waals surface area contributed by atoms with E-state index in [-0.39, 0.29) is 42.8 Å². The molecule has 3 aromatic rings. The second-order valence-corrected chi connectivity index (χ2v) is 18.2. The Hall–Kier alpha value is -5.50. The van der Waals surface area contributed by atoms with Crippen LogP contribution >= 0.6 is 0 Å². The molecular weight excluding hydrogens is 809 g/mol. The second kappa shape index (κ2) is 17.2. The molecule has 2 bridgehead atoms. The van der Waals surface area contributed by atoms with E-state index in [0.717, 1.165) is 0 Å². The van der Waals surface area contributed by atoms with E-state index in [4.69, 9.17) is 28.4 Å². The number of esters is 4. The molecule has 1 heterocycles. The molecule has 0 radical (unpaired) electrons. The molecule has 13 nitrogen and oxygen atoms in total. The number of rotatable bonds is 12. The van der Waals surface area contributed by atoms with Gasteiger partial charge < -0.3 is 33.5 Å². The van der Waals surface area contributed by atoms with Gasteiger partial charge in [0.15, 0.2) is 29.4 Å². The van der Waals surface area contributed by atoms with Crippen molar-refractivity contribution in [2.45, 2.75) is 115 Å². The maximum absolute atomic E-state index is 15.7. The lowest BCUT2D eigenvalue weighted by atomic mass is 9.43. The Morgan fingerprint density at radius 1 is 0.825 bits per heavy atom. The van der Waals surface area contributed by atoms with E-state index in [9.17, 15) is 29.1 Å². The lowest BCUT2D eigenvalue weighted by Crippen LogP contribution is -2.80. The summed E-state index contributed by atoms with van der Waals surface area (Å²) in [7, 11) is 1.34. The summed E-state index contributed by atoms with van der Waals surface area (Å²) in [5.74, 6) is -6.59. The maximum Gasteiger partial charge on any atom is 0.338 e. The van der Waals surface area contributed by atoms with Crippen LogP contribution in [0.4, 0.5) is 0 Å². The summed E-state index contributed by atoms with van der Waals surface area (Å²) in [5.41, 5.74) is -5.18. The summed E-state index contributed by atoms with van der Waals surface area (Å²) in [6, 6.07) is 25.8. The van der Waals surface area contributed by atoms with Gasteiger partial charge in [-0.25, -0.2) is 9.59 Å². The fourth-order valence-electron chi connectivity index (χ4n) is 11.0. The van der Waals surface area contributed by atoms with E-state index in [2.05, 4.69) is 0 Å². The number of hydrogen-bond donors (Lipinski definition) is 1. The first-order valence-electron chi connectivity index (χ1n) is 21.4. The summed E-state index contributed by atoms with van der Waals surface area (Å²) in [6.07, 6.45) is -6.89. The quantitative estimate of drug-likeness (QED) is 0.0898. The Bertz CT molecular complexity index is 2290. The van der Waals surface area contributed by atoms with Gasteiger partial charge in [-0.05, 0) is 48.1 Å². The van der Waals surface area contributed by atoms with Crippen LogP contribution in [0.3, 0.4) is 0 Å². The minimum atomic E-state index is -2.22. The van der Waals surface area contributed by atoms with Crippen LogP contribution < -0.4 is 0 Å². The molecule has 7 rings (SSSR count). The van der Waals surface area contributed by atoms with Gasteiger partial charge in [-0.2, -0.15) is 0 Å². The Kier molecular flexibility index (Phi) is 12.5. The molecule has 13 heteroatoms. The Balaban J connectivity index is 1.40. The lowest BCUT2D eigenvalue weighted by molar-refractivity contribution is -0.340. The van der Waals surface area contributed by atoms with Gasteiger partial charge in [0.1, 0.15) is 23.9 Å². The Labute approximate surface area is 367 Å². The molecule has 4 aliphatic rings. The molecule has 1 aliphatic heterocycles. The summed E-state index contributed by atoms with van der Waals surface area (Å²) in [5, 5.41) is 13.9. The first-order valence-corrected chi connectivity index (χ1v) is 21.4. The molecule has 1 N–H and O–H groups in total. The predicted octanol–water partition coefficient (Wildman–Crippen LogP) is 6.55. The molecule has 334 valence electrons. The largest absolute Gasteiger partial charge is 0.456 e. The predicted molar refractivity (Wildman–Crippen MR) is 227 cm³/mol. The van der Waals surface area contributed by atoms with Crippen molar-refractivity contribution >= 4 is 35.4 Å². The van der Waals surface area contributed by atoms with Gasteiger partial charge in [0.05, 0.1) is 18.1 Å². The van der Waals surface area contributed by atoms with E-state index in [1.54, 1.807) is 113 Å². The molecule has 3 fully saturated rings. The zero-order valence-corrected chi connectivity index (χ0v) is 37.0. The number of hydrogen-bond acceptors (Lipinski definition) is 13. The van der Waals surface area contributed by atoms with Gasteiger partial charge in [0, 0.05) is 56.1 Å². The number of aliphatic hydroxyl groups is 1. The van der Waals surface area contributed by atoms with Gasteiger partial charge in [0.2, 0.25) is 0 Å². The molecule has 63 heavy (non-hydrogen) atoms. The molecule has 3 aromatic carbocycles. The maximum atomic E-state index is 15.7. The molecule has 3 aliphatic carbocycles. The van der Waals surface area contributed by atoms with Crippen LogP contribution in [0, 0.1) is 22.7 Å². The van der Waals surface area contributed by atoms with Crippen molar-refractivity contribution in [3.63, 3.8) is 0 Å². The van der Waals surface area contributed by atoms with Gasteiger partial charge in [-0.1, -0.05) is 107 Å². The van der Waals surface area contributed by atoms with E-state index in [0.29, 0.717) is 16.7 Å². The third kappa shape index (κ3) is 7.71. The van der Waals surface area contributed by atoms with Crippen molar-refractivity contribution in [1.29, 1.82) is 0 Å². The van der Waals surface area contributed by atoms with Crippen molar-refractivity contribution in [3.05, 3.63) is 119 Å². The number of Topliss-reactive ketones (excluding diaryl/α,β-unsaturated/α-hetero) is 2. The van der Waals surface area contributed by atoms with Crippen LogP contribution in [-0.4, -0.2) is 96.0 Å². The van der Waals surface area contributed by atoms with Crippen LogP contribution in [0.1, 0.15) is 99.9 Å². The van der Waals surface area contributed by atoms with Crippen molar-refractivity contribution in [3.8, 4) is 0 Å². The summed E-state index contributed by atoms with van der Waals surface area (Å²) in [4.78, 5) is 84.8. The molecule has 0 aromatic heterocycles. The number of carbonyl (C=O) groups is 6. The lowest BCUT2D eigenvalue weighted by Gasteiger charge is -2.68. The topological polar surface area (TPSA) is 178 Å². The van der Waals surface area contributed by atoms with Gasteiger partial charge in [0.25, 0.3) is 0 Å². The molecule has 0 amide bonds. The molecule has 1 saturated heterocycles. The van der Waals surface area contributed by atoms with Gasteiger partial charge >= 0.3 is 23.9 Å². The number of fused-ring (bicyclic) bond motifs is 5. The van der Waals surface area contributed by atoms with Crippen LogP contribution in [0.15, 0.2) is 102 Å². The standard InChI is InChI=1S/C50H56O13/c1-28-24-38-49(27-59-38,63-31(4)52)42-44(62-45(55)34-22-16-11-17-23-34)50(57)26-37(29(2)39(47(50,5)6)41(60-30(3)51)43(54)48(28,42)7)61-46(56)40(58-8)35(32-18-12-9-13-19-32)25-36(53)33-20-14-10-15-21-33/h9-23,28,35,37-38,40-42,44,57H,24-27H2,1-8H3/t28-,35?,37?,38+,40+,41+,42-,44-,48+,49-,50+/m0/s1. The SMILES string of the molecule is CO[C@@H](C(=O)OC1C[C@@]2(O)[C@@H](OC(=O)c3ccccc3)[C@@H]3[C@]4(OC(C)=O)CO[C@@H]4C[C@H](C)[C@@]3(C)C(=O)[C@H](OC(C)=O)C(=C1C)C2(C)C)C(CC(=O)c1ccccc1)c1ccccc1. The smallest absolute Gasteiger partial charge is 0.338 e. The average molecular weight is 865 g/mol. The average Bonchev–Trinajstić information content (AvgIpc) is 3.25. The number of methoxy groups -OCH3 is 1. The highest BCUT2D eigenvalue weighted by Crippen LogP contribution is 2.65. The Morgan fingerprint density at radius 3 is 1.95 bits per heavy atom. The monoisotopic (exact) mass is 864 g/mol. The summed E-state index contributed by atoms with van der Waals surface area (Å²) >= 11 is 0. The van der Waals surface area contributed by atoms with Crippen molar-refractivity contribution in [2.24, 2.45) is 22.7 Å². The van der Waals surface area contributed by atoms with Crippen LogP contribution in [0.2, 0.25) is 0 Å². The second-order valence-electron chi connectivity index (χ2n) is 18.2. The third-order valence-electron chi connectivity index (χ3n) is 14.5. The number of ketones is 2. The first kappa shape index (κ1) is 45.5. The highest BCUT2D eigenvalue weighted by molar-refractivity contribution is 5.97. The third-order valence-corrected chi connectivity index (χ3v) is 14.5. The minimum Gasteiger partial charge on any atom is -0.456 e. The minimum absolute atomic E-state index is 0.121. The van der Waals surface area contributed by atoms with Crippen molar-refractivity contribution < 1.29 is 62.3 Å². The zero-order chi connectivity index (χ0) is 45.6. The van der Waals surface area contributed by atoms with Crippen LogP contribution in [0.25, 0.3) is 0 Å². The Morgan fingerprint density at radius 2 is 1.41 bits per heavy atom. The summed E-state index contributed by atoms with van der Waals surface area (Å²) < 4.78 is 37.1.